The van der Waals surface area contributed by atoms with Crippen molar-refractivity contribution in [1.29, 1.82) is 0 Å². The zero-order valence-electron chi connectivity index (χ0n) is 8.88. The van der Waals surface area contributed by atoms with Crippen LogP contribution < -0.4 is 5.32 Å². The molecule has 0 aromatic heterocycles. The molecule has 1 aromatic rings. The van der Waals surface area contributed by atoms with Gasteiger partial charge in [-0.3, -0.25) is 4.79 Å². The third kappa shape index (κ3) is 2.17. The molecule has 0 heterocycles. The van der Waals surface area contributed by atoms with Gasteiger partial charge in [0.1, 0.15) is 5.82 Å². The number of aryl methyl sites for hydroxylation is 1. The van der Waals surface area contributed by atoms with Gasteiger partial charge in [0, 0.05) is 11.6 Å². The number of amides is 1. The molecule has 1 aromatic carbocycles. The second-order valence-corrected chi connectivity index (χ2v) is 4.25. The number of rotatable bonds is 2. The van der Waals surface area contributed by atoms with Crippen molar-refractivity contribution in [2.45, 2.75) is 26.3 Å². The summed E-state index contributed by atoms with van der Waals surface area (Å²) >= 11 is 0. The van der Waals surface area contributed by atoms with E-state index in [-0.39, 0.29) is 11.7 Å². The molecule has 3 heteroatoms. The van der Waals surface area contributed by atoms with Crippen LogP contribution in [0.15, 0.2) is 18.2 Å². The number of carbonyl (C=O) groups excluding carboxylic acids is 1. The normalized spacial score (nSPS) is 23.7. The predicted octanol–water partition coefficient (Wildman–Crippen LogP) is 2.27. The third-order valence-electron chi connectivity index (χ3n) is 2.86. The highest BCUT2D eigenvalue weighted by Crippen LogP contribution is 2.29. The molecule has 15 heavy (non-hydrogen) atoms. The van der Waals surface area contributed by atoms with E-state index in [4.69, 9.17) is 0 Å². The first-order chi connectivity index (χ1) is 7.08. The van der Waals surface area contributed by atoms with Crippen LogP contribution in [0.5, 0.6) is 0 Å². The minimum absolute atomic E-state index is 0.0955. The molecule has 2 unspecified atom stereocenters. The highest BCUT2D eigenvalue weighted by molar-refractivity contribution is 5.95. The molecule has 0 saturated heterocycles. The standard InChI is InChI=1S/C12H14FNO/c1-7-5-9(13)3-4-10(7)12(15)14-11-6-8(11)2/h3-5,8,11H,6H2,1-2H3,(H,14,15). The highest BCUT2D eigenvalue weighted by atomic mass is 19.1. The van der Waals surface area contributed by atoms with E-state index in [2.05, 4.69) is 12.2 Å². The topological polar surface area (TPSA) is 29.1 Å². The Bertz CT molecular complexity index is 403. The summed E-state index contributed by atoms with van der Waals surface area (Å²) in [4.78, 5) is 11.7. The average molecular weight is 207 g/mol. The molecule has 0 radical (unpaired) electrons. The van der Waals surface area contributed by atoms with Crippen molar-refractivity contribution in [3.05, 3.63) is 35.1 Å². The van der Waals surface area contributed by atoms with Gasteiger partial charge in [0.15, 0.2) is 0 Å². The van der Waals surface area contributed by atoms with Gasteiger partial charge in [0.05, 0.1) is 0 Å². The second kappa shape index (κ2) is 3.65. The van der Waals surface area contributed by atoms with Gasteiger partial charge >= 0.3 is 0 Å². The Labute approximate surface area is 88.5 Å². The average Bonchev–Trinajstić information content (AvgIpc) is 2.81. The molecule has 1 amide bonds. The maximum atomic E-state index is 12.8. The van der Waals surface area contributed by atoms with Crippen LogP contribution >= 0.6 is 0 Å². The van der Waals surface area contributed by atoms with E-state index in [1.165, 1.54) is 18.2 Å². The van der Waals surface area contributed by atoms with E-state index in [1.807, 2.05) is 0 Å². The van der Waals surface area contributed by atoms with Crippen LogP contribution in [0.4, 0.5) is 4.39 Å². The molecule has 80 valence electrons. The van der Waals surface area contributed by atoms with Gasteiger partial charge in [-0.2, -0.15) is 0 Å². The van der Waals surface area contributed by atoms with Crippen molar-refractivity contribution < 1.29 is 9.18 Å². The predicted molar refractivity (Wildman–Crippen MR) is 56.2 cm³/mol. The fourth-order valence-corrected chi connectivity index (χ4v) is 1.65. The number of halogens is 1. The van der Waals surface area contributed by atoms with Gasteiger partial charge in [0.25, 0.3) is 5.91 Å². The Kier molecular flexibility index (Phi) is 2.47. The summed E-state index contributed by atoms with van der Waals surface area (Å²) in [6, 6.07) is 4.54. The van der Waals surface area contributed by atoms with Gasteiger partial charge in [-0.05, 0) is 43.0 Å². The van der Waals surface area contributed by atoms with Crippen LogP contribution in [0, 0.1) is 18.7 Å². The Hall–Kier alpha value is -1.38. The molecule has 0 bridgehead atoms. The Morgan fingerprint density at radius 1 is 1.53 bits per heavy atom. The first kappa shape index (κ1) is 10.1. The van der Waals surface area contributed by atoms with Crippen molar-refractivity contribution in [1.82, 2.24) is 5.32 Å². The minimum atomic E-state index is -0.302. The zero-order valence-corrected chi connectivity index (χ0v) is 8.88. The van der Waals surface area contributed by atoms with E-state index < -0.39 is 0 Å². The first-order valence-corrected chi connectivity index (χ1v) is 5.15. The lowest BCUT2D eigenvalue weighted by Crippen LogP contribution is -2.27. The van der Waals surface area contributed by atoms with Gasteiger partial charge in [-0.25, -0.2) is 4.39 Å². The summed E-state index contributed by atoms with van der Waals surface area (Å²) in [5.74, 6) is 0.181. The second-order valence-electron chi connectivity index (χ2n) is 4.25. The summed E-state index contributed by atoms with van der Waals surface area (Å²) in [6.07, 6.45) is 1.05. The molecule has 1 N–H and O–H groups in total. The maximum absolute atomic E-state index is 12.8. The van der Waals surface area contributed by atoms with Crippen LogP contribution in [-0.2, 0) is 0 Å². The Morgan fingerprint density at radius 3 is 2.73 bits per heavy atom. The number of hydrogen-bond donors (Lipinski definition) is 1. The van der Waals surface area contributed by atoms with Crippen molar-refractivity contribution in [2.75, 3.05) is 0 Å². The summed E-state index contributed by atoms with van der Waals surface area (Å²) in [5, 5.41) is 2.92. The third-order valence-corrected chi connectivity index (χ3v) is 2.86. The smallest absolute Gasteiger partial charge is 0.251 e. The molecule has 1 aliphatic carbocycles. The van der Waals surface area contributed by atoms with Gasteiger partial charge in [-0.15, -0.1) is 0 Å². The summed E-state index contributed by atoms with van der Waals surface area (Å²) in [7, 11) is 0. The van der Waals surface area contributed by atoms with Crippen LogP contribution in [0.3, 0.4) is 0 Å². The largest absolute Gasteiger partial charge is 0.349 e. The lowest BCUT2D eigenvalue weighted by Gasteiger charge is -2.06. The molecule has 0 spiro atoms. The van der Waals surface area contributed by atoms with E-state index in [9.17, 15) is 9.18 Å². The van der Waals surface area contributed by atoms with Gasteiger partial charge in [0.2, 0.25) is 0 Å². The molecule has 1 saturated carbocycles. The number of nitrogens with one attached hydrogen (secondary N) is 1. The summed E-state index contributed by atoms with van der Waals surface area (Å²) in [6.45, 7) is 3.84. The monoisotopic (exact) mass is 207 g/mol. The lowest BCUT2D eigenvalue weighted by atomic mass is 10.1. The van der Waals surface area contributed by atoms with Crippen LogP contribution in [0.2, 0.25) is 0 Å². The quantitative estimate of drug-likeness (QED) is 0.792. The van der Waals surface area contributed by atoms with Crippen LogP contribution in [0.25, 0.3) is 0 Å². The SMILES string of the molecule is Cc1cc(F)ccc1C(=O)NC1CC1C. The van der Waals surface area contributed by atoms with Gasteiger partial charge in [-0.1, -0.05) is 6.92 Å². The van der Waals surface area contributed by atoms with Gasteiger partial charge < -0.3 is 5.32 Å². The Morgan fingerprint density at radius 2 is 2.20 bits per heavy atom. The summed E-state index contributed by atoms with van der Waals surface area (Å²) in [5.41, 5.74) is 1.25. The van der Waals surface area contributed by atoms with Crippen LogP contribution in [-0.4, -0.2) is 11.9 Å². The molecule has 2 rings (SSSR count). The van der Waals surface area contributed by atoms with Crippen molar-refractivity contribution in [2.24, 2.45) is 5.92 Å². The fraction of sp³-hybridized carbons (Fsp3) is 0.417. The molecule has 1 fully saturated rings. The molecule has 0 aliphatic heterocycles. The van der Waals surface area contributed by atoms with Crippen molar-refractivity contribution >= 4 is 5.91 Å². The molecule has 1 aliphatic rings. The Balaban J connectivity index is 2.11. The number of hydrogen-bond acceptors (Lipinski definition) is 1. The summed E-state index contributed by atoms with van der Waals surface area (Å²) < 4.78 is 12.8. The first-order valence-electron chi connectivity index (χ1n) is 5.15. The van der Waals surface area contributed by atoms with E-state index in [0.717, 1.165) is 6.42 Å². The van der Waals surface area contributed by atoms with Crippen LogP contribution in [0.1, 0.15) is 29.3 Å². The number of carbonyl (C=O) groups is 1. The fourth-order valence-electron chi connectivity index (χ4n) is 1.65. The van der Waals surface area contributed by atoms with E-state index in [0.29, 0.717) is 23.1 Å². The number of benzene rings is 1. The molecule has 2 atom stereocenters. The zero-order chi connectivity index (χ0) is 11.0. The minimum Gasteiger partial charge on any atom is -0.349 e. The van der Waals surface area contributed by atoms with E-state index >= 15 is 0 Å². The van der Waals surface area contributed by atoms with Crippen molar-refractivity contribution in [3.8, 4) is 0 Å². The highest BCUT2D eigenvalue weighted by Gasteiger charge is 2.34. The maximum Gasteiger partial charge on any atom is 0.251 e. The van der Waals surface area contributed by atoms with E-state index in [1.54, 1.807) is 6.92 Å². The molecular weight excluding hydrogens is 193 g/mol. The lowest BCUT2D eigenvalue weighted by molar-refractivity contribution is 0.0948. The molecular formula is C12H14FNO. The van der Waals surface area contributed by atoms with Crippen molar-refractivity contribution in [3.63, 3.8) is 0 Å². The molecule has 2 nitrogen and oxygen atoms in total.